The van der Waals surface area contributed by atoms with Gasteiger partial charge in [-0.2, -0.15) is 0 Å². The first-order valence-corrected chi connectivity index (χ1v) is 14.6. The van der Waals surface area contributed by atoms with Crippen molar-refractivity contribution in [2.24, 2.45) is 11.7 Å². The van der Waals surface area contributed by atoms with Crippen LogP contribution in [0.1, 0.15) is 46.5 Å². The molecule has 7 nitrogen and oxygen atoms in total. The molecule has 3 N–H and O–H groups in total. The number of carbonyl (C=O) groups is 1. The van der Waals surface area contributed by atoms with Crippen LogP contribution in [0, 0.1) is 5.92 Å². The van der Waals surface area contributed by atoms with Gasteiger partial charge in [0.05, 0.1) is 12.6 Å². The van der Waals surface area contributed by atoms with Gasteiger partial charge in [-0.1, -0.05) is 54.6 Å². The van der Waals surface area contributed by atoms with Crippen LogP contribution in [0.3, 0.4) is 0 Å². The molecule has 8 heteroatoms. The van der Waals surface area contributed by atoms with E-state index >= 15 is 0 Å². The molecule has 0 saturated carbocycles. The molecule has 5 aromatic rings. The maximum Gasteiger partial charge on any atom is 0.220 e. The summed E-state index contributed by atoms with van der Waals surface area (Å²) in [4.78, 5) is 19.1. The van der Waals surface area contributed by atoms with Gasteiger partial charge in [0.2, 0.25) is 5.91 Å². The van der Waals surface area contributed by atoms with Crippen molar-refractivity contribution in [1.82, 2.24) is 24.6 Å². The van der Waals surface area contributed by atoms with E-state index in [4.69, 9.17) is 15.9 Å². The average molecular weight is 539 g/mol. The lowest BCUT2D eigenvalue weighted by atomic mass is 9.93. The molecule has 1 aliphatic heterocycles. The topological polar surface area (TPSA) is 92.8 Å². The Balaban J connectivity index is 1.36. The average Bonchev–Trinajstić information content (AvgIpc) is 3.73. The Morgan fingerprint density at radius 2 is 1.79 bits per heavy atom. The zero-order chi connectivity index (χ0) is 26.6. The first-order chi connectivity index (χ1) is 19.2. The number of aryl methyl sites for hydroxylation is 2. The van der Waals surface area contributed by atoms with Gasteiger partial charge in [0, 0.05) is 34.3 Å². The van der Waals surface area contributed by atoms with Crippen LogP contribution in [0.25, 0.3) is 10.9 Å². The molecule has 0 radical (unpaired) electrons. The monoisotopic (exact) mass is 538 g/mol. The van der Waals surface area contributed by atoms with Crippen LogP contribution < -0.4 is 5.73 Å². The second-order valence-corrected chi connectivity index (χ2v) is 11.4. The SMILES string of the molecule is NC(=O)C1CCN([C@H](Cc2c[nH]c3ccccc23)c2nnc(CCc3ccccc3)n2Cc2cccs2)CC1. The Kier molecular flexibility index (Phi) is 7.56. The first kappa shape index (κ1) is 25.5. The Hall–Kier alpha value is -3.75. The molecule has 200 valence electrons. The number of aromatic amines is 1. The van der Waals surface area contributed by atoms with Gasteiger partial charge in [0.25, 0.3) is 0 Å². The van der Waals surface area contributed by atoms with E-state index in [0.29, 0.717) is 0 Å². The van der Waals surface area contributed by atoms with Gasteiger partial charge >= 0.3 is 0 Å². The Morgan fingerprint density at radius 3 is 2.56 bits per heavy atom. The van der Waals surface area contributed by atoms with E-state index in [9.17, 15) is 4.79 Å². The molecular weight excluding hydrogens is 504 g/mol. The number of nitrogens with two attached hydrogens (primary N) is 1. The third-order valence-corrected chi connectivity index (χ3v) is 8.85. The Bertz CT molecular complexity index is 1520. The summed E-state index contributed by atoms with van der Waals surface area (Å²) in [6.45, 7) is 2.38. The second kappa shape index (κ2) is 11.6. The van der Waals surface area contributed by atoms with E-state index in [2.05, 4.69) is 92.8 Å². The number of H-pyrrole nitrogens is 1. The largest absolute Gasteiger partial charge is 0.369 e. The molecule has 2 aromatic carbocycles. The molecular formula is C31H34N6OS. The number of rotatable bonds is 10. The lowest BCUT2D eigenvalue weighted by Gasteiger charge is -2.36. The Labute approximate surface area is 232 Å². The molecule has 1 amide bonds. The van der Waals surface area contributed by atoms with Crippen molar-refractivity contribution in [2.45, 2.75) is 44.7 Å². The summed E-state index contributed by atoms with van der Waals surface area (Å²) in [5.74, 6) is 1.76. The molecule has 4 heterocycles. The van der Waals surface area contributed by atoms with Crippen LogP contribution in [0.5, 0.6) is 0 Å². The minimum atomic E-state index is -0.188. The van der Waals surface area contributed by atoms with Crippen molar-refractivity contribution < 1.29 is 4.79 Å². The third kappa shape index (κ3) is 5.67. The molecule has 3 aromatic heterocycles. The van der Waals surface area contributed by atoms with Crippen molar-refractivity contribution in [2.75, 3.05) is 13.1 Å². The second-order valence-electron chi connectivity index (χ2n) is 10.4. The molecule has 39 heavy (non-hydrogen) atoms. The fourth-order valence-corrected chi connectivity index (χ4v) is 6.49. The molecule has 0 unspecified atom stereocenters. The van der Waals surface area contributed by atoms with Crippen LogP contribution in [0.4, 0.5) is 0 Å². The summed E-state index contributed by atoms with van der Waals surface area (Å²) in [5, 5.41) is 13.0. The fraction of sp³-hybridized carbons (Fsp3) is 0.323. The van der Waals surface area contributed by atoms with Gasteiger partial charge in [-0.15, -0.1) is 21.5 Å². The highest BCUT2D eigenvalue weighted by atomic mass is 32.1. The molecule has 1 aliphatic rings. The van der Waals surface area contributed by atoms with Crippen LogP contribution in [0.15, 0.2) is 78.3 Å². The highest BCUT2D eigenvalue weighted by Gasteiger charge is 2.32. The fourth-order valence-electron chi connectivity index (χ4n) is 5.80. The van der Waals surface area contributed by atoms with Crippen molar-refractivity contribution in [3.63, 3.8) is 0 Å². The molecule has 1 saturated heterocycles. The van der Waals surface area contributed by atoms with Crippen molar-refractivity contribution in [1.29, 1.82) is 0 Å². The van der Waals surface area contributed by atoms with Crippen LogP contribution in [-0.4, -0.2) is 43.6 Å². The molecule has 6 rings (SSSR count). The number of amides is 1. The number of hydrogen-bond donors (Lipinski definition) is 2. The summed E-state index contributed by atoms with van der Waals surface area (Å²) in [6.07, 6.45) is 6.24. The number of nitrogens with zero attached hydrogens (tertiary/aromatic N) is 4. The summed E-state index contributed by atoms with van der Waals surface area (Å²) in [6, 6.07) is 23.3. The van der Waals surface area contributed by atoms with Crippen LogP contribution >= 0.6 is 11.3 Å². The number of aromatic nitrogens is 4. The predicted molar refractivity (Wildman–Crippen MR) is 156 cm³/mol. The zero-order valence-electron chi connectivity index (χ0n) is 22.0. The maximum absolute atomic E-state index is 11.9. The number of benzene rings is 2. The molecule has 1 atom stereocenters. The highest BCUT2D eigenvalue weighted by molar-refractivity contribution is 7.09. The van der Waals surface area contributed by atoms with Crippen molar-refractivity contribution in [3.05, 3.63) is 106 Å². The molecule has 0 bridgehead atoms. The Morgan fingerprint density at radius 1 is 1.00 bits per heavy atom. The summed E-state index contributed by atoms with van der Waals surface area (Å²) >= 11 is 1.76. The normalized spacial score (nSPS) is 15.6. The third-order valence-electron chi connectivity index (χ3n) is 7.99. The van der Waals surface area contributed by atoms with Crippen LogP contribution in [0.2, 0.25) is 0 Å². The van der Waals surface area contributed by atoms with E-state index in [1.165, 1.54) is 21.4 Å². The van der Waals surface area contributed by atoms with E-state index in [1.54, 1.807) is 11.3 Å². The highest BCUT2D eigenvalue weighted by Crippen LogP contribution is 2.32. The minimum absolute atomic E-state index is 0.0379. The summed E-state index contributed by atoms with van der Waals surface area (Å²) in [5.41, 5.74) is 9.38. The smallest absolute Gasteiger partial charge is 0.220 e. The van der Waals surface area contributed by atoms with E-state index in [0.717, 1.165) is 68.9 Å². The molecule has 0 aliphatic carbocycles. The number of primary amides is 1. The predicted octanol–water partition coefficient (Wildman–Crippen LogP) is 5.14. The van der Waals surface area contributed by atoms with Gasteiger partial charge in [-0.25, -0.2) is 0 Å². The van der Waals surface area contributed by atoms with E-state index in [1.807, 2.05) is 0 Å². The summed E-state index contributed by atoms with van der Waals surface area (Å²) in [7, 11) is 0. The van der Waals surface area contributed by atoms with Gasteiger partial charge < -0.3 is 15.3 Å². The number of piperidine rings is 1. The minimum Gasteiger partial charge on any atom is -0.369 e. The number of nitrogens with one attached hydrogen (secondary N) is 1. The number of para-hydroxylation sites is 1. The lowest BCUT2D eigenvalue weighted by Crippen LogP contribution is -2.42. The van der Waals surface area contributed by atoms with E-state index < -0.39 is 0 Å². The first-order valence-electron chi connectivity index (χ1n) is 13.7. The van der Waals surface area contributed by atoms with Gasteiger partial charge in [0.15, 0.2) is 5.82 Å². The van der Waals surface area contributed by atoms with Crippen LogP contribution in [-0.2, 0) is 30.6 Å². The van der Waals surface area contributed by atoms with Crippen molar-refractivity contribution in [3.8, 4) is 0 Å². The lowest BCUT2D eigenvalue weighted by molar-refractivity contribution is -0.123. The number of fused-ring (bicyclic) bond motifs is 1. The van der Waals surface area contributed by atoms with Crippen molar-refractivity contribution >= 4 is 28.1 Å². The quantitative estimate of drug-likeness (QED) is 0.258. The van der Waals surface area contributed by atoms with Gasteiger partial charge in [0.1, 0.15) is 5.82 Å². The standard InChI is InChI=1S/C31H34N6OS/c32-30(38)23-14-16-36(17-15-23)28(19-24-20-33-27-11-5-4-10-26(24)27)31-35-34-29(13-12-22-7-2-1-3-8-22)37(31)21-25-9-6-18-39-25/h1-11,18,20,23,28,33H,12-17,19,21H2,(H2,32,38)/t28-/m1/s1. The number of hydrogen-bond acceptors (Lipinski definition) is 5. The molecule has 0 spiro atoms. The zero-order valence-corrected chi connectivity index (χ0v) is 22.8. The van der Waals surface area contributed by atoms with Gasteiger partial charge in [-0.05, 0) is 67.4 Å². The molecule has 1 fully saturated rings. The number of carbonyl (C=O) groups excluding carboxylic acids is 1. The van der Waals surface area contributed by atoms with E-state index in [-0.39, 0.29) is 17.9 Å². The maximum atomic E-state index is 11.9. The van der Waals surface area contributed by atoms with Gasteiger partial charge in [-0.3, -0.25) is 9.69 Å². The number of thiophene rings is 1. The number of likely N-dealkylation sites (tertiary alicyclic amines) is 1. The summed E-state index contributed by atoms with van der Waals surface area (Å²) < 4.78 is 2.34.